The molecule has 1 N–H and O–H groups in total. The molecule has 0 fully saturated rings. The Balaban J connectivity index is 3.18. The zero-order valence-electron chi connectivity index (χ0n) is 5.16. The van der Waals surface area contributed by atoms with Gasteiger partial charge in [-0.25, -0.2) is 5.10 Å². The van der Waals surface area contributed by atoms with E-state index in [2.05, 4.69) is 16.8 Å². The van der Waals surface area contributed by atoms with Crippen LogP contribution in [0.4, 0.5) is 0 Å². The Bertz CT molecular complexity index is 453. The predicted molar refractivity (Wildman–Crippen MR) is 36.6 cm³/mol. The summed E-state index contributed by atoms with van der Waals surface area (Å²) in [5.74, 6) is 0. The molecular weight excluding hydrogens is 130 g/mol. The number of nitrogens with one attached hydrogen (secondary N) is 1. The van der Waals surface area contributed by atoms with Crippen LogP contribution < -0.4 is 10.8 Å². The fourth-order valence-corrected chi connectivity index (χ4v) is 0.896. The number of hydrogen-bond acceptors (Lipinski definition) is 2. The zero-order valence-corrected chi connectivity index (χ0v) is 5.16. The molecule has 4 heteroatoms. The van der Waals surface area contributed by atoms with Gasteiger partial charge in [-0.3, -0.25) is 4.79 Å². The third kappa shape index (κ3) is 0.500. The van der Waals surface area contributed by atoms with Crippen LogP contribution in [0, 0.1) is 0 Å². The maximum Gasteiger partial charge on any atom is 0.266 e. The predicted octanol–water partition coefficient (Wildman–Crippen LogP) is -0.848. The first-order valence-corrected chi connectivity index (χ1v) is 2.83. The minimum Gasteiger partial charge on any atom is -0.268 e. The largest absolute Gasteiger partial charge is 0.268 e. The summed E-state index contributed by atoms with van der Waals surface area (Å²) in [6, 6.07) is 1.47. The van der Waals surface area contributed by atoms with E-state index < -0.39 is 0 Å². The summed E-state index contributed by atoms with van der Waals surface area (Å²) < 4.78 is 1.41. The van der Waals surface area contributed by atoms with Crippen LogP contribution >= 0.6 is 0 Å². The lowest BCUT2D eigenvalue weighted by Crippen LogP contribution is -1.99. The standard InChI is InChI=1S/C6H5N3O/c1-4-3-7-9-5(4)2-6(10)8-9/h2-3H,1H2,(H,8,10). The lowest BCUT2D eigenvalue weighted by atomic mass is 10.4. The Kier molecular flexibility index (Phi) is 0.768. The highest BCUT2D eigenvalue weighted by molar-refractivity contribution is 5.46. The van der Waals surface area contributed by atoms with Gasteiger partial charge < -0.3 is 0 Å². The highest BCUT2D eigenvalue weighted by Crippen LogP contribution is 1.84. The van der Waals surface area contributed by atoms with Gasteiger partial charge in [0.25, 0.3) is 5.56 Å². The van der Waals surface area contributed by atoms with Gasteiger partial charge in [0.15, 0.2) is 0 Å². The Hall–Kier alpha value is -1.58. The van der Waals surface area contributed by atoms with E-state index >= 15 is 0 Å². The van der Waals surface area contributed by atoms with Gasteiger partial charge in [0.2, 0.25) is 0 Å². The second-order valence-electron chi connectivity index (χ2n) is 2.09. The molecule has 0 saturated carbocycles. The zero-order chi connectivity index (χ0) is 7.14. The Morgan fingerprint density at radius 2 is 2.50 bits per heavy atom. The van der Waals surface area contributed by atoms with Gasteiger partial charge >= 0.3 is 0 Å². The van der Waals surface area contributed by atoms with E-state index in [1.807, 2.05) is 0 Å². The van der Waals surface area contributed by atoms with E-state index in [-0.39, 0.29) is 5.56 Å². The molecule has 0 unspecified atom stereocenters. The number of aromatic amines is 1. The van der Waals surface area contributed by atoms with Crippen molar-refractivity contribution in [3.63, 3.8) is 0 Å². The summed E-state index contributed by atoms with van der Waals surface area (Å²) in [5.41, 5.74) is 0.595. The van der Waals surface area contributed by atoms with E-state index in [4.69, 9.17) is 0 Å². The number of aromatic nitrogens is 3. The fraction of sp³-hybridized carbons (Fsp3) is 0. The topological polar surface area (TPSA) is 50.2 Å². The molecule has 0 spiro atoms. The molecule has 10 heavy (non-hydrogen) atoms. The fourth-order valence-electron chi connectivity index (χ4n) is 0.896. The van der Waals surface area contributed by atoms with Crippen molar-refractivity contribution in [2.75, 3.05) is 0 Å². The smallest absolute Gasteiger partial charge is 0.266 e. The highest BCUT2D eigenvalue weighted by Gasteiger charge is 1.96. The molecule has 0 amide bonds. The SMILES string of the molecule is C=c1cnn2[nH]c(=O)cc12. The van der Waals surface area contributed by atoms with E-state index in [0.717, 1.165) is 10.7 Å². The summed E-state index contributed by atoms with van der Waals surface area (Å²) in [5, 5.41) is 7.09. The Labute approximate surface area is 55.8 Å². The van der Waals surface area contributed by atoms with Gasteiger partial charge in [0, 0.05) is 11.3 Å². The van der Waals surface area contributed by atoms with Gasteiger partial charge in [-0.15, -0.1) is 0 Å². The van der Waals surface area contributed by atoms with Gasteiger partial charge in [0.1, 0.15) is 0 Å². The Morgan fingerprint density at radius 1 is 1.70 bits per heavy atom. The molecule has 2 aromatic rings. The minimum atomic E-state index is -0.145. The van der Waals surface area contributed by atoms with Crippen LogP contribution in [0.5, 0.6) is 0 Å². The van der Waals surface area contributed by atoms with Crippen LogP contribution in [0.2, 0.25) is 0 Å². The maximum atomic E-state index is 10.7. The van der Waals surface area contributed by atoms with Crippen molar-refractivity contribution in [3.05, 3.63) is 27.8 Å². The summed E-state index contributed by atoms with van der Waals surface area (Å²) in [7, 11) is 0. The highest BCUT2D eigenvalue weighted by atomic mass is 16.1. The number of hydrogen-bond donors (Lipinski definition) is 1. The van der Waals surface area contributed by atoms with Crippen molar-refractivity contribution in [3.8, 4) is 0 Å². The van der Waals surface area contributed by atoms with Crippen LogP contribution in [0.1, 0.15) is 0 Å². The van der Waals surface area contributed by atoms with E-state index in [1.165, 1.54) is 10.7 Å². The molecule has 0 bridgehead atoms. The summed E-state index contributed by atoms with van der Waals surface area (Å²) in [6.07, 6.45) is 1.60. The van der Waals surface area contributed by atoms with Gasteiger partial charge in [-0.2, -0.15) is 9.73 Å². The van der Waals surface area contributed by atoms with Crippen molar-refractivity contribution in [2.24, 2.45) is 0 Å². The lowest BCUT2D eigenvalue weighted by molar-refractivity contribution is 0.808. The first-order valence-electron chi connectivity index (χ1n) is 2.83. The second kappa shape index (κ2) is 1.47. The average Bonchev–Trinajstić information content (AvgIpc) is 2.35. The number of H-pyrrole nitrogens is 1. The maximum absolute atomic E-state index is 10.7. The quantitative estimate of drug-likeness (QED) is 0.511. The second-order valence-corrected chi connectivity index (χ2v) is 2.09. The molecule has 2 heterocycles. The van der Waals surface area contributed by atoms with Crippen LogP contribution in [-0.2, 0) is 0 Å². The lowest BCUT2D eigenvalue weighted by Gasteiger charge is -1.74. The molecule has 0 atom stereocenters. The van der Waals surface area contributed by atoms with Crippen molar-refractivity contribution in [1.82, 2.24) is 14.8 Å². The van der Waals surface area contributed by atoms with Gasteiger partial charge in [0.05, 0.1) is 11.7 Å². The summed E-state index contributed by atoms with van der Waals surface area (Å²) in [6.45, 7) is 3.68. The first-order chi connectivity index (χ1) is 4.77. The first kappa shape index (κ1) is 5.22. The van der Waals surface area contributed by atoms with Crippen LogP contribution in [0.3, 0.4) is 0 Å². The van der Waals surface area contributed by atoms with Gasteiger partial charge in [-0.1, -0.05) is 6.58 Å². The molecular formula is C6H5N3O. The number of fused-ring (bicyclic) bond motifs is 1. The molecule has 2 aromatic heterocycles. The molecule has 0 aliphatic heterocycles. The van der Waals surface area contributed by atoms with Gasteiger partial charge in [-0.05, 0) is 0 Å². The normalized spacial score (nSPS) is 10.8. The van der Waals surface area contributed by atoms with Crippen LogP contribution in [0.25, 0.3) is 12.1 Å². The van der Waals surface area contributed by atoms with E-state index in [0.29, 0.717) is 0 Å². The van der Waals surface area contributed by atoms with Crippen molar-refractivity contribution < 1.29 is 0 Å². The number of rotatable bonds is 0. The van der Waals surface area contributed by atoms with Crippen LogP contribution in [0.15, 0.2) is 17.1 Å². The molecule has 2 rings (SSSR count). The third-order valence-electron chi connectivity index (χ3n) is 1.37. The molecule has 0 saturated heterocycles. The molecule has 0 aliphatic carbocycles. The van der Waals surface area contributed by atoms with Crippen molar-refractivity contribution >= 4 is 12.1 Å². The molecule has 0 aliphatic rings. The minimum absolute atomic E-state index is 0.145. The molecule has 50 valence electrons. The van der Waals surface area contributed by atoms with E-state index in [1.54, 1.807) is 6.20 Å². The molecule has 0 radical (unpaired) electrons. The van der Waals surface area contributed by atoms with Crippen molar-refractivity contribution in [1.29, 1.82) is 0 Å². The summed E-state index contributed by atoms with van der Waals surface area (Å²) in [4.78, 5) is 10.7. The van der Waals surface area contributed by atoms with E-state index in [9.17, 15) is 4.79 Å². The molecule has 4 nitrogen and oxygen atoms in total. The summed E-state index contributed by atoms with van der Waals surface area (Å²) >= 11 is 0. The third-order valence-corrected chi connectivity index (χ3v) is 1.37. The monoisotopic (exact) mass is 135 g/mol. The van der Waals surface area contributed by atoms with Crippen LogP contribution in [-0.4, -0.2) is 14.8 Å². The Morgan fingerprint density at radius 3 is 3.20 bits per heavy atom. The number of nitrogens with zero attached hydrogens (tertiary/aromatic N) is 2. The average molecular weight is 135 g/mol. The van der Waals surface area contributed by atoms with Crippen molar-refractivity contribution in [2.45, 2.75) is 0 Å². The molecule has 0 aromatic carbocycles.